The molecule has 0 heterocycles. The van der Waals surface area contributed by atoms with Gasteiger partial charge >= 0.3 is 10.1 Å². The molecule has 0 fully saturated rings. The van der Waals surface area contributed by atoms with E-state index < -0.39 is 15.0 Å². The molecular formula is C19H21ClN2O6S. The summed E-state index contributed by atoms with van der Waals surface area (Å²) in [5.74, 6) is -0.233. The molecule has 1 amide bonds. The van der Waals surface area contributed by atoms with E-state index in [1.165, 1.54) is 18.2 Å². The molecule has 0 N–H and O–H groups in total. The second-order valence-electron chi connectivity index (χ2n) is 6.55. The lowest BCUT2D eigenvalue weighted by Crippen LogP contribution is -2.38. The maximum atomic E-state index is 13.1. The van der Waals surface area contributed by atoms with Crippen LogP contribution in [0.1, 0.15) is 36.2 Å². The van der Waals surface area contributed by atoms with Crippen molar-refractivity contribution in [2.45, 2.75) is 32.9 Å². The van der Waals surface area contributed by atoms with Gasteiger partial charge in [0.1, 0.15) is 5.75 Å². The summed E-state index contributed by atoms with van der Waals surface area (Å²) < 4.78 is 27.6. The van der Waals surface area contributed by atoms with E-state index in [0.717, 1.165) is 12.3 Å². The lowest BCUT2D eigenvalue weighted by atomic mass is 10.1. The van der Waals surface area contributed by atoms with Crippen LogP contribution in [-0.2, 0) is 16.7 Å². The van der Waals surface area contributed by atoms with Gasteiger partial charge in [0.15, 0.2) is 0 Å². The summed E-state index contributed by atoms with van der Waals surface area (Å²) >= 11 is 6.12. The van der Waals surface area contributed by atoms with E-state index in [4.69, 9.17) is 15.8 Å². The van der Waals surface area contributed by atoms with Gasteiger partial charge in [-0.3, -0.25) is 14.9 Å². The Kier molecular flexibility index (Phi) is 7.21. The van der Waals surface area contributed by atoms with E-state index in [1.54, 1.807) is 23.1 Å². The summed E-state index contributed by atoms with van der Waals surface area (Å²) in [5.41, 5.74) is 0.617. The van der Waals surface area contributed by atoms with Crippen LogP contribution in [0.4, 0.5) is 5.69 Å². The first-order valence-corrected chi connectivity index (χ1v) is 10.9. The molecule has 1 unspecified atom stereocenters. The third-order valence-electron chi connectivity index (χ3n) is 4.28. The summed E-state index contributed by atoms with van der Waals surface area (Å²) in [6.45, 7) is 3.97. The minimum absolute atomic E-state index is 0.00772. The quantitative estimate of drug-likeness (QED) is 0.348. The zero-order chi connectivity index (χ0) is 21.8. The molecule has 1 atom stereocenters. The van der Waals surface area contributed by atoms with Crippen LogP contribution in [0.3, 0.4) is 0 Å². The Morgan fingerprint density at radius 3 is 2.52 bits per heavy atom. The van der Waals surface area contributed by atoms with Gasteiger partial charge in [-0.05, 0) is 37.1 Å². The van der Waals surface area contributed by atoms with Gasteiger partial charge in [0, 0.05) is 24.7 Å². The smallest absolute Gasteiger partial charge is 0.306 e. The van der Waals surface area contributed by atoms with E-state index in [2.05, 4.69) is 0 Å². The SMILES string of the molecule is CCC(C)N(Cc1cccc(OS(C)(=O)=O)c1)C(=O)c1ccc([N+](=O)[O-])cc1Cl. The summed E-state index contributed by atoms with van der Waals surface area (Å²) in [4.78, 5) is 25.0. The van der Waals surface area contributed by atoms with Gasteiger partial charge in [0.25, 0.3) is 11.6 Å². The number of nitro benzene ring substituents is 1. The Labute approximate surface area is 174 Å². The fourth-order valence-electron chi connectivity index (χ4n) is 2.66. The van der Waals surface area contributed by atoms with Gasteiger partial charge in [-0.1, -0.05) is 30.7 Å². The molecule has 0 bridgehead atoms. The van der Waals surface area contributed by atoms with E-state index in [9.17, 15) is 23.3 Å². The number of hydrogen-bond acceptors (Lipinski definition) is 6. The molecular weight excluding hydrogens is 420 g/mol. The topological polar surface area (TPSA) is 107 Å². The number of nitrogens with zero attached hydrogens (tertiary/aromatic N) is 2. The average molecular weight is 441 g/mol. The molecule has 2 rings (SSSR count). The predicted octanol–water partition coefficient (Wildman–Crippen LogP) is 4.03. The van der Waals surface area contributed by atoms with Gasteiger partial charge < -0.3 is 9.08 Å². The van der Waals surface area contributed by atoms with Crippen molar-refractivity contribution in [3.8, 4) is 5.75 Å². The highest BCUT2D eigenvalue weighted by molar-refractivity contribution is 7.86. The number of carbonyl (C=O) groups excluding carboxylic acids is 1. The standard InChI is InChI=1S/C19H21ClN2O6S/c1-4-13(2)21(12-14-6-5-7-16(10-14)28-29(3,26)27)19(23)17-9-8-15(22(24)25)11-18(17)20/h5-11,13H,4,12H2,1-3H3. The third kappa shape index (κ3) is 6.16. The predicted molar refractivity (Wildman–Crippen MR) is 110 cm³/mol. The molecule has 0 aromatic heterocycles. The number of hydrogen-bond donors (Lipinski definition) is 0. The fourth-order valence-corrected chi connectivity index (χ4v) is 3.37. The molecule has 0 aliphatic carbocycles. The molecule has 0 radical (unpaired) electrons. The molecule has 0 saturated heterocycles. The van der Waals surface area contributed by atoms with Crippen molar-refractivity contribution in [1.29, 1.82) is 0 Å². The Balaban J connectivity index is 2.34. The highest BCUT2D eigenvalue weighted by Crippen LogP contribution is 2.26. The monoisotopic (exact) mass is 440 g/mol. The second kappa shape index (κ2) is 9.23. The van der Waals surface area contributed by atoms with Crippen LogP contribution in [0.25, 0.3) is 0 Å². The fraction of sp³-hybridized carbons (Fsp3) is 0.316. The van der Waals surface area contributed by atoms with Crippen LogP contribution in [-0.4, -0.2) is 36.4 Å². The molecule has 0 saturated carbocycles. The number of nitro groups is 1. The van der Waals surface area contributed by atoms with Gasteiger partial charge in [0.2, 0.25) is 0 Å². The average Bonchev–Trinajstić information content (AvgIpc) is 2.63. The first kappa shape index (κ1) is 22.6. The summed E-state index contributed by atoms with van der Waals surface area (Å²) in [5, 5.41) is 10.9. The molecule has 10 heteroatoms. The second-order valence-corrected chi connectivity index (χ2v) is 8.53. The highest BCUT2D eigenvalue weighted by Gasteiger charge is 2.24. The maximum Gasteiger partial charge on any atom is 0.306 e. The van der Waals surface area contributed by atoms with Crippen LogP contribution in [0.5, 0.6) is 5.75 Å². The molecule has 2 aromatic rings. The summed E-state index contributed by atoms with van der Waals surface area (Å²) in [6.07, 6.45) is 1.61. The summed E-state index contributed by atoms with van der Waals surface area (Å²) in [7, 11) is -3.67. The Hall–Kier alpha value is -2.65. The Morgan fingerprint density at radius 1 is 1.28 bits per heavy atom. The van der Waals surface area contributed by atoms with E-state index in [-0.39, 0.29) is 40.5 Å². The number of rotatable bonds is 8. The normalized spacial score (nSPS) is 12.3. The van der Waals surface area contributed by atoms with Crippen molar-refractivity contribution >= 4 is 33.3 Å². The minimum Gasteiger partial charge on any atom is -0.383 e. The Bertz CT molecular complexity index is 1030. The van der Waals surface area contributed by atoms with Crippen molar-refractivity contribution in [2.75, 3.05) is 6.26 Å². The lowest BCUT2D eigenvalue weighted by Gasteiger charge is -2.29. The lowest BCUT2D eigenvalue weighted by molar-refractivity contribution is -0.384. The van der Waals surface area contributed by atoms with Gasteiger partial charge in [-0.25, -0.2) is 0 Å². The number of carbonyl (C=O) groups is 1. The first-order valence-electron chi connectivity index (χ1n) is 8.75. The molecule has 0 aliphatic rings. The first-order chi connectivity index (χ1) is 13.5. The number of non-ortho nitro benzene ring substituents is 1. The van der Waals surface area contributed by atoms with Crippen LogP contribution in [0, 0.1) is 10.1 Å². The van der Waals surface area contributed by atoms with Crippen LogP contribution in [0.15, 0.2) is 42.5 Å². The van der Waals surface area contributed by atoms with Crippen LogP contribution >= 0.6 is 11.6 Å². The van der Waals surface area contributed by atoms with Crippen LogP contribution < -0.4 is 4.18 Å². The third-order valence-corrected chi connectivity index (χ3v) is 5.08. The molecule has 8 nitrogen and oxygen atoms in total. The van der Waals surface area contributed by atoms with Crippen molar-refractivity contribution in [3.05, 3.63) is 68.7 Å². The van der Waals surface area contributed by atoms with Crippen LogP contribution in [0.2, 0.25) is 5.02 Å². The number of halogens is 1. The molecule has 156 valence electrons. The van der Waals surface area contributed by atoms with Crippen molar-refractivity contribution < 1.29 is 22.3 Å². The molecule has 29 heavy (non-hydrogen) atoms. The number of benzene rings is 2. The summed E-state index contributed by atoms with van der Waals surface area (Å²) in [6, 6.07) is 9.98. The Morgan fingerprint density at radius 2 is 1.97 bits per heavy atom. The van der Waals surface area contributed by atoms with Gasteiger partial charge in [0.05, 0.1) is 21.8 Å². The zero-order valence-corrected chi connectivity index (χ0v) is 17.7. The van der Waals surface area contributed by atoms with E-state index >= 15 is 0 Å². The van der Waals surface area contributed by atoms with Crippen molar-refractivity contribution in [1.82, 2.24) is 4.90 Å². The van der Waals surface area contributed by atoms with E-state index in [1.807, 2.05) is 13.8 Å². The van der Waals surface area contributed by atoms with E-state index in [0.29, 0.717) is 12.0 Å². The zero-order valence-electron chi connectivity index (χ0n) is 16.2. The molecule has 0 aliphatic heterocycles. The van der Waals surface area contributed by atoms with Crippen molar-refractivity contribution in [3.63, 3.8) is 0 Å². The maximum absolute atomic E-state index is 13.1. The van der Waals surface area contributed by atoms with Crippen molar-refractivity contribution in [2.24, 2.45) is 0 Å². The van der Waals surface area contributed by atoms with Gasteiger partial charge in [-0.15, -0.1) is 0 Å². The van der Waals surface area contributed by atoms with Gasteiger partial charge in [-0.2, -0.15) is 8.42 Å². The molecule has 0 spiro atoms. The molecule has 2 aromatic carbocycles. The minimum atomic E-state index is -3.67. The largest absolute Gasteiger partial charge is 0.383 e. The highest BCUT2D eigenvalue weighted by atomic mass is 35.5. The number of amides is 1.